The fourth-order valence-electron chi connectivity index (χ4n) is 1.93. The van der Waals surface area contributed by atoms with Gasteiger partial charge in [-0.25, -0.2) is 0 Å². The Hall–Kier alpha value is -0.980. The van der Waals surface area contributed by atoms with Crippen LogP contribution in [0.5, 0.6) is 0 Å². The summed E-state index contributed by atoms with van der Waals surface area (Å²) in [6, 6.07) is 5.18. The quantitative estimate of drug-likeness (QED) is 0.685. The van der Waals surface area contributed by atoms with Gasteiger partial charge in [-0.05, 0) is 40.9 Å². The number of ether oxygens (including phenoxy) is 1. The molecule has 0 radical (unpaired) electrons. The van der Waals surface area contributed by atoms with Gasteiger partial charge in [-0.2, -0.15) is 0 Å². The van der Waals surface area contributed by atoms with Crippen molar-refractivity contribution in [2.45, 2.75) is 25.4 Å². The van der Waals surface area contributed by atoms with Crippen LogP contribution in [0.4, 0.5) is 5.69 Å². The van der Waals surface area contributed by atoms with Gasteiger partial charge in [-0.1, -0.05) is 6.07 Å². The van der Waals surface area contributed by atoms with Crippen LogP contribution in [0.25, 0.3) is 0 Å². The molecule has 1 aromatic rings. The molecule has 0 aliphatic carbocycles. The molecule has 98 valence electrons. The van der Waals surface area contributed by atoms with Crippen LogP contribution in [-0.2, 0) is 11.3 Å². The van der Waals surface area contributed by atoms with Crippen molar-refractivity contribution in [3.05, 3.63) is 38.3 Å². The van der Waals surface area contributed by atoms with E-state index in [1.165, 1.54) is 0 Å². The Bertz CT molecular complexity index is 459. The van der Waals surface area contributed by atoms with Crippen LogP contribution in [0, 0.1) is 10.1 Å². The lowest BCUT2D eigenvalue weighted by atomic mass is 10.0. The fraction of sp³-hybridized carbons (Fsp3) is 0.500. The van der Waals surface area contributed by atoms with Crippen LogP contribution >= 0.6 is 15.9 Å². The molecular weight excluding hydrogens is 300 g/mol. The minimum absolute atomic E-state index is 0.0259. The maximum Gasteiger partial charge on any atom is 0.283 e. The van der Waals surface area contributed by atoms with Crippen molar-refractivity contribution in [3.8, 4) is 0 Å². The summed E-state index contributed by atoms with van der Waals surface area (Å²) in [5.41, 5.74) is 0.974. The van der Waals surface area contributed by atoms with Gasteiger partial charge in [0.15, 0.2) is 0 Å². The van der Waals surface area contributed by atoms with Crippen LogP contribution in [0.2, 0.25) is 0 Å². The van der Waals surface area contributed by atoms with Crippen LogP contribution < -0.4 is 5.32 Å². The first-order valence-corrected chi connectivity index (χ1v) is 6.55. The maximum absolute atomic E-state index is 10.8. The van der Waals surface area contributed by atoms with Gasteiger partial charge >= 0.3 is 0 Å². The smallest absolute Gasteiger partial charge is 0.283 e. The number of halogens is 1. The van der Waals surface area contributed by atoms with Crippen molar-refractivity contribution in [2.75, 3.05) is 13.2 Å². The second-order valence-electron chi connectivity index (χ2n) is 4.76. The minimum atomic E-state index is -0.381. The van der Waals surface area contributed by atoms with Gasteiger partial charge in [0.05, 0.1) is 16.0 Å². The summed E-state index contributed by atoms with van der Waals surface area (Å²) in [6.07, 6.45) is 0.964. The summed E-state index contributed by atoms with van der Waals surface area (Å²) in [4.78, 5) is 10.5. The highest BCUT2D eigenvalue weighted by Gasteiger charge is 2.28. The molecule has 1 saturated heterocycles. The molecule has 1 atom stereocenters. The molecule has 0 spiro atoms. The summed E-state index contributed by atoms with van der Waals surface area (Å²) in [6.45, 7) is 4.16. The van der Waals surface area contributed by atoms with E-state index in [9.17, 15) is 10.1 Å². The third-order valence-electron chi connectivity index (χ3n) is 3.15. The molecular formula is C12H15BrN2O3. The minimum Gasteiger partial charge on any atom is -0.379 e. The van der Waals surface area contributed by atoms with Gasteiger partial charge in [0, 0.05) is 24.8 Å². The molecule has 1 heterocycles. The van der Waals surface area contributed by atoms with Crippen LogP contribution in [0.1, 0.15) is 18.9 Å². The van der Waals surface area contributed by atoms with Crippen molar-refractivity contribution >= 4 is 21.6 Å². The van der Waals surface area contributed by atoms with E-state index >= 15 is 0 Å². The van der Waals surface area contributed by atoms with Crippen molar-refractivity contribution in [3.63, 3.8) is 0 Å². The van der Waals surface area contributed by atoms with Gasteiger partial charge in [0.1, 0.15) is 0 Å². The molecule has 0 aromatic heterocycles. The zero-order valence-electron chi connectivity index (χ0n) is 10.1. The highest BCUT2D eigenvalue weighted by atomic mass is 79.9. The number of nitro benzene ring substituents is 1. The SMILES string of the molecule is CC1(NCc2ccc(Br)c([N+](=O)[O-])c2)CCOC1. The molecule has 1 aliphatic rings. The Morgan fingerprint density at radius 1 is 1.61 bits per heavy atom. The standard InChI is InChI=1S/C12H15BrN2O3/c1-12(4-5-18-8-12)14-7-9-2-3-10(13)11(6-9)15(16)17/h2-3,6,14H,4-5,7-8H2,1H3. The van der Waals surface area contributed by atoms with Crippen LogP contribution in [-0.4, -0.2) is 23.7 Å². The van der Waals surface area contributed by atoms with Crippen molar-refractivity contribution in [1.82, 2.24) is 5.32 Å². The highest BCUT2D eigenvalue weighted by Crippen LogP contribution is 2.26. The lowest BCUT2D eigenvalue weighted by Crippen LogP contribution is -2.42. The van der Waals surface area contributed by atoms with Gasteiger partial charge in [-0.15, -0.1) is 0 Å². The molecule has 2 rings (SSSR count). The summed E-state index contributed by atoms with van der Waals surface area (Å²) >= 11 is 3.18. The number of nitro groups is 1. The second kappa shape index (κ2) is 5.34. The van der Waals surface area contributed by atoms with E-state index in [2.05, 4.69) is 28.2 Å². The average molecular weight is 315 g/mol. The number of nitrogens with one attached hydrogen (secondary N) is 1. The third kappa shape index (κ3) is 3.07. The van der Waals surface area contributed by atoms with E-state index in [0.717, 1.165) is 18.6 Å². The number of hydrogen-bond donors (Lipinski definition) is 1. The molecule has 0 amide bonds. The Morgan fingerprint density at radius 3 is 3.00 bits per heavy atom. The predicted octanol–water partition coefficient (Wildman–Crippen LogP) is 2.63. The lowest BCUT2D eigenvalue weighted by Gasteiger charge is -2.23. The fourth-order valence-corrected chi connectivity index (χ4v) is 2.32. The first kappa shape index (κ1) is 13.5. The first-order valence-electron chi connectivity index (χ1n) is 5.76. The summed E-state index contributed by atoms with van der Waals surface area (Å²) in [7, 11) is 0. The molecule has 0 bridgehead atoms. The molecule has 1 aliphatic heterocycles. The summed E-state index contributed by atoms with van der Waals surface area (Å²) in [5, 5.41) is 14.2. The van der Waals surface area contributed by atoms with E-state index in [1.807, 2.05) is 6.07 Å². The Labute approximate surface area is 114 Å². The van der Waals surface area contributed by atoms with Gasteiger partial charge in [-0.3, -0.25) is 10.1 Å². The largest absolute Gasteiger partial charge is 0.379 e. The average Bonchev–Trinajstić information content (AvgIpc) is 2.75. The number of hydrogen-bond acceptors (Lipinski definition) is 4. The summed E-state index contributed by atoms with van der Waals surface area (Å²) in [5.74, 6) is 0. The van der Waals surface area contributed by atoms with Crippen LogP contribution in [0.3, 0.4) is 0 Å². The van der Waals surface area contributed by atoms with Crippen LogP contribution in [0.15, 0.2) is 22.7 Å². The zero-order chi connectivity index (χ0) is 13.2. The van der Waals surface area contributed by atoms with Crippen molar-refractivity contribution in [1.29, 1.82) is 0 Å². The van der Waals surface area contributed by atoms with Gasteiger partial charge < -0.3 is 10.1 Å². The van der Waals surface area contributed by atoms with E-state index in [1.54, 1.807) is 12.1 Å². The van der Waals surface area contributed by atoms with Gasteiger partial charge in [0.25, 0.3) is 5.69 Å². The Morgan fingerprint density at radius 2 is 2.39 bits per heavy atom. The van der Waals surface area contributed by atoms with Crippen molar-refractivity contribution in [2.24, 2.45) is 0 Å². The number of rotatable bonds is 4. The molecule has 1 aromatic carbocycles. The third-order valence-corrected chi connectivity index (χ3v) is 3.82. The zero-order valence-corrected chi connectivity index (χ0v) is 11.7. The van der Waals surface area contributed by atoms with Gasteiger partial charge in [0.2, 0.25) is 0 Å². The summed E-state index contributed by atoms with van der Waals surface area (Å²) < 4.78 is 5.86. The Balaban J connectivity index is 2.05. The maximum atomic E-state index is 10.8. The van der Waals surface area contributed by atoms with E-state index in [-0.39, 0.29) is 16.1 Å². The first-order chi connectivity index (χ1) is 8.50. The monoisotopic (exact) mass is 314 g/mol. The second-order valence-corrected chi connectivity index (χ2v) is 5.61. The predicted molar refractivity (Wildman–Crippen MR) is 71.5 cm³/mol. The lowest BCUT2D eigenvalue weighted by molar-refractivity contribution is -0.385. The van der Waals surface area contributed by atoms with E-state index in [0.29, 0.717) is 17.6 Å². The van der Waals surface area contributed by atoms with Crippen molar-refractivity contribution < 1.29 is 9.66 Å². The molecule has 0 saturated carbocycles. The molecule has 1 unspecified atom stereocenters. The van der Waals surface area contributed by atoms with E-state index < -0.39 is 0 Å². The normalized spacial score (nSPS) is 23.2. The molecule has 5 nitrogen and oxygen atoms in total. The molecule has 18 heavy (non-hydrogen) atoms. The molecule has 6 heteroatoms. The number of benzene rings is 1. The molecule has 1 N–H and O–H groups in total. The Kier molecular flexibility index (Phi) is 3.99. The molecule has 1 fully saturated rings. The topological polar surface area (TPSA) is 64.4 Å². The number of nitrogens with zero attached hydrogens (tertiary/aromatic N) is 1. The van der Waals surface area contributed by atoms with E-state index in [4.69, 9.17) is 4.74 Å². The highest BCUT2D eigenvalue weighted by molar-refractivity contribution is 9.10.